The number of rotatable bonds is 5. The molecule has 0 spiro atoms. The van der Waals surface area contributed by atoms with Gasteiger partial charge in [-0.25, -0.2) is 0 Å². The maximum Gasteiger partial charge on any atom is 0.115 e. The van der Waals surface area contributed by atoms with Crippen LogP contribution < -0.4 is 5.32 Å². The summed E-state index contributed by atoms with van der Waals surface area (Å²) in [5.41, 5.74) is 2.69. The number of fused-ring (bicyclic) bond motifs is 1. The average molecular weight is 274 g/mol. The number of phenolic OH excluding ortho intramolecular Hbond substituents is 1. The molecular weight excluding hydrogens is 248 g/mol. The van der Waals surface area contributed by atoms with Crippen molar-refractivity contribution < 1.29 is 5.11 Å². The van der Waals surface area contributed by atoms with Crippen molar-refractivity contribution in [1.29, 1.82) is 0 Å². The van der Waals surface area contributed by atoms with Crippen LogP contribution in [0.2, 0.25) is 0 Å². The van der Waals surface area contributed by atoms with E-state index in [1.807, 2.05) is 12.1 Å². The van der Waals surface area contributed by atoms with Gasteiger partial charge in [0.05, 0.1) is 0 Å². The quantitative estimate of drug-likeness (QED) is 0.866. The SMILES string of the molecule is CN(CCNC1CCc2cc(O)ccc21)C1CCCC1. The van der Waals surface area contributed by atoms with Crippen LogP contribution in [0.4, 0.5) is 0 Å². The van der Waals surface area contributed by atoms with Gasteiger partial charge in [-0.3, -0.25) is 0 Å². The predicted octanol–water partition coefficient (Wildman–Crippen LogP) is 2.84. The van der Waals surface area contributed by atoms with Gasteiger partial charge in [-0.1, -0.05) is 18.9 Å². The first-order valence-corrected chi connectivity index (χ1v) is 7.99. The third-order valence-corrected chi connectivity index (χ3v) is 5.01. The highest BCUT2D eigenvalue weighted by Gasteiger charge is 2.23. The fourth-order valence-electron chi connectivity index (χ4n) is 3.76. The Morgan fingerprint density at radius 3 is 2.85 bits per heavy atom. The van der Waals surface area contributed by atoms with Crippen LogP contribution in [0.3, 0.4) is 0 Å². The maximum atomic E-state index is 9.53. The molecule has 1 fully saturated rings. The minimum absolute atomic E-state index is 0.394. The summed E-state index contributed by atoms with van der Waals surface area (Å²) in [5.74, 6) is 0.394. The first-order chi connectivity index (χ1) is 9.74. The molecule has 0 aromatic heterocycles. The van der Waals surface area contributed by atoms with Gasteiger partial charge in [-0.15, -0.1) is 0 Å². The number of phenols is 1. The summed E-state index contributed by atoms with van der Waals surface area (Å²) in [4.78, 5) is 2.52. The normalized spacial score (nSPS) is 22.6. The standard InChI is InChI=1S/C17H26N2O/c1-19(14-4-2-3-5-14)11-10-18-17-9-6-13-12-15(20)7-8-16(13)17/h7-8,12,14,17-18,20H,2-6,9-11H2,1H3. The van der Waals surface area contributed by atoms with E-state index in [0.29, 0.717) is 11.8 Å². The molecule has 3 rings (SSSR count). The number of nitrogens with one attached hydrogen (secondary N) is 1. The molecule has 0 heterocycles. The molecule has 0 saturated heterocycles. The van der Waals surface area contributed by atoms with Crippen molar-refractivity contribution in [3.63, 3.8) is 0 Å². The minimum Gasteiger partial charge on any atom is -0.508 e. The highest BCUT2D eigenvalue weighted by molar-refractivity contribution is 5.39. The van der Waals surface area contributed by atoms with Crippen LogP contribution in [0.1, 0.15) is 49.3 Å². The number of aryl methyl sites for hydroxylation is 1. The van der Waals surface area contributed by atoms with Gasteiger partial charge in [-0.2, -0.15) is 0 Å². The lowest BCUT2D eigenvalue weighted by Crippen LogP contribution is -2.36. The van der Waals surface area contributed by atoms with Gasteiger partial charge in [-0.05, 0) is 56.0 Å². The predicted molar refractivity (Wildman–Crippen MR) is 82.1 cm³/mol. The number of hydrogen-bond acceptors (Lipinski definition) is 3. The molecule has 2 aliphatic carbocycles. The van der Waals surface area contributed by atoms with E-state index in [1.165, 1.54) is 36.8 Å². The summed E-state index contributed by atoms with van der Waals surface area (Å²) >= 11 is 0. The monoisotopic (exact) mass is 274 g/mol. The first kappa shape index (κ1) is 13.9. The molecule has 2 N–H and O–H groups in total. The van der Waals surface area contributed by atoms with Crippen molar-refractivity contribution in [2.75, 3.05) is 20.1 Å². The van der Waals surface area contributed by atoms with Gasteiger partial charge >= 0.3 is 0 Å². The molecule has 0 amide bonds. The Hall–Kier alpha value is -1.06. The molecule has 0 aliphatic heterocycles. The van der Waals surface area contributed by atoms with E-state index in [4.69, 9.17) is 0 Å². The first-order valence-electron chi connectivity index (χ1n) is 7.99. The largest absolute Gasteiger partial charge is 0.508 e. The maximum absolute atomic E-state index is 9.53. The highest BCUT2D eigenvalue weighted by Crippen LogP contribution is 2.33. The van der Waals surface area contributed by atoms with Crippen molar-refractivity contribution in [3.05, 3.63) is 29.3 Å². The molecule has 0 bridgehead atoms. The zero-order valence-electron chi connectivity index (χ0n) is 12.4. The van der Waals surface area contributed by atoms with Crippen LogP contribution in [0.5, 0.6) is 5.75 Å². The second-order valence-electron chi connectivity index (χ2n) is 6.35. The molecule has 20 heavy (non-hydrogen) atoms. The Bertz CT molecular complexity index is 454. The fraction of sp³-hybridized carbons (Fsp3) is 0.647. The smallest absolute Gasteiger partial charge is 0.115 e. The fourth-order valence-corrected chi connectivity index (χ4v) is 3.76. The summed E-state index contributed by atoms with van der Waals surface area (Å²) in [7, 11) is 2.26. The van der Waals surface area contributed by atoms with Gasteiger partial charge in [0.25, 0.3) is 0 Å². The Morgan fingerprint density at radius 1 is 1.25 bits per heavy atom. The molecule has 0 radical (unpaired) electrons. The summed E-state index contributed by atoms with van der Waals surface area (Å²) in [6.45, 7) is 2.19. The number of likely N-dealkylation sites (N-methyl/N-ethyl adjacent to an activating group) is 1. The zero-order valence-corrected chi connectivity index (χ0v) is 12.4. The third-order valence-electron chi connectivity index (χ3n) is 5.01. The molecule has 1 saturated carbocycles. The van der Waals surface area contributed by atoms with Crippen LogP contribution in [0.15, 0.2) is 18.2 Å². The zero-order chi connectivity index (χ0) is 13.9. The Labute approximate surface area is 122 Å². The Balaban J connectivity index is 1.48. The minimum atomic E-state index is 0.394. The van der Waals surface area contributed by atoms with Gasteiger partial charge in [0.1, 0.15) is 5.75 Å². The second-order valence-corrected chi connectivity index (χ2v) is 6.35. The molecule has 110 valence electrons. The lowest BCUT2D eigenvalue weighted by molar-refractivity contribution is 0.242. The molecule has 1 aromatic carbocycles. The van der Waals surface area contributed by atoms with Crippen LogP contribution in [0, 0.1) is 0 Å². The molecule has 2 aliphatic rings. The second kappa shape index (κ2) is 6.15. The van der Waals surface area contributed by atoms with E-state index in [9.17, 15) is 5.11 Å². The third kappa shape index (κ3) is 2.99. The van der Waals surface area contributed by atoms with Crippen molar-refractivity contribution in [2.45, 2.75) is 50.6 Å². The number of aromatic hydroxyl groups is 1. The lowest BCUT2D eigenvalue weighted by atomic mass is 10.1. The molecule has 3 heteroatoms. The number of nitrogens with zero attached hydrogens (tertiary/aromatic N) is 1. The van der Waals surface area contributed by atoms with E-state index >= 15 is 0 Å². The van der Waals surface area contributed by atoms with E-state index in [1.54, 1.807) is 0 Å². The van der Waals surface area contributed by atoms with E-state index in [0.717, 1.165) is 32.0 Å². The van der Waals surface area contributed by atoms with E-state index < -0.39 is 0 Å². The van der Waals surface area contributed by atoms with Gasteiger partial charge in [0.2, 0.25) is 0 Å². The highest BCUT2D eigenvalue weighted by atomic mass is 16.3. The van der Waals surface area contributed by atoms with Crippen molar-refractivity contribution in [3.8, 4) is 5.75 Å². The Morgan fingerprint density at radius 2 is 2.05 bits per heavy atom. The van der Waals surface area contributed by atoms with Crippen LogP contribution >= 0.6 is 0 Å². The molecule has 1 unspecified atom stereocenters. The molecule has 3 nitrogen and oxygen atoms in total. The summed E-state index contributed by atoms with van der Waals surface area (Å²) in [6.07, 6.45) is 7.81. The lowest BCUT2D eigenvalue weighted by Gasteiger charge is -2.25. The van der Waals surface area contributed by atoms with Crippen LogP contribution in [-0.4, -0.2) is 36.2 Å². The summed E-state index contributed by atoms with van der Waals surface area (Å²) in [5, 5.41) is 13.2. The van der Waals surface area contributed by atoms with Crippen molar-refractivity contribution in [2.24, 2.45) is 0 Å². The van der Waals surface area contributed by atoms with Gasteiger partial charge in [0, 0.05) is 25.2 Å². The summed E-state index contributed by atoms with van der Waals surface area (Å²) < 4.78 is 0. The van der Waals surface area contributed by atoms with Crippen molar-refractivity contribution in [1.82, 2.24) is 10.2 Å². The molecule has 1 atom stereocenters. The van der Waals surface area contributed by atoms with Gasteiger partial charge < -0.3 is 15.3 Å². The number of benzene rings is 1. The average Bonchev–Trinajstić information content (AvgIpc) is 3.08. The van der Waals surface area contributed by atoms with E-state index in [2.05, 4.69) is 23.3 Å². The van der Waals surface area contributed by atoms with E-state index in [-0.39, 0.29) is 0 Å². The Kier molecular flexibility index (Phi) is 4.27. The van der Waals surface area contributed by atoms with Crippen LogP contribution in [-0.2, 0) is 6.42 Å². The summed E-state index contributed by atoms with van der Waals surface area (Å²) in [6, 6.07) is 7.09. The number of hydrogen-bond donors (Lipinski definition) is 2. The van der Waals surface area contributed by atoms with Crippen LogP contribution in [0.25, 0.3) is 0 Å². The van der Waals surface area contributed by atoms with Gasteiger partial charge in [0.15, 0.2) is 0 Å². The molecular formula is C17H26N2O. The molecule has 1 aromatic rings. The van der Waals surface area contributed by atoms with Crippen molar-refractivity contribution >= 4 is 0 Å². The topological polar surface area (TPSA) is 35.5 Å².